The van der Waals surface area contributed by atoms with Crippen LogP contribution >= 0.6 is 27.3 Å². The lowest BCUT2D eigenvalue weighted by Gasteiger charge is -2.18. The molecule has 88 valence electrons. The zero-order chi connectivity index (χ0) is 12.3. The number of rotatable bonds is 4. The smallest absolute Gasteiger partial charge is 0.151 e. The van der Waals surface area contributed by atoms with Gasteiger partial charge >= 0.3 is 0 Å². The van der Waals surface area contributed by atoms with E-state index < -0.39 is 0 Å². The fourth-order valence-electron chi connectivity index (χ4n) is 1.50. The average Bonchev–Trinajstić information content (AvgIpc) is 2.81. The van der Waals surface area contributed by atoms with E-state index >= 15 is 0 Å². The summed E-state index contributed by atoms with van der Waals surface area (Å²) in [6, 6.07) is 5.68. The van der Waals surface area contributed by atoms with Gasteiger partial charge in [-0.25, -0.2) is 4.98 Å². The first kappa shape index (κ1) is 12.3. The van der Waals surface area contributed by atoms with Gasteiger partial charge in [-0.3, -0.25) is 4.79 Å². The number of benzene rings is 1. The molecular weight excluding hydrogens is 300 g/mol. The van der Waals surface area contributed by atoms with Gasteiger partial charge in [-0.15, -0.1) is 11.3 Å². The number of halogens is 1. The first-order chi connectivity index (χ1) is 8.20. The molecule has 0 atom stereocenters. The molecule has 5 heteroatoms. The first-order valence-electron chi connectivity index (χ1n) is 5.03. The van der Waals surface area contributed by atoms with E-state index in [1.54, 1.807) is 11.3 Å². The highest BCUT2D eigenvalue weighted by Crippen LogP contribution is 2.23. The van der Waals surface area contributed by atoms with Gasteiger partial charge in [0.05, 0.1) is 17.7 Å². The SMILES string of the molecule is CN(Cc1cscn1)c1ccc(C=O)c(Br)c1. The van der Waals surface area contributed by atoms with E-state index in [4.69, 9.17) is 0 Å². The lowest BCUT2D eigenvalue weighted by Crippen LogP contribution is -2.16. The highest BCUT2D eigenvalue weighted by atomic mass is 79.9. The number of thiazole rings is 1. The van der Waals surface area contributed by atoms with E-state index in [2.05, 4.69) is 25.8 Å². The van der Waals surface area contributed by atoms with Crippen LogP contribution in [0.1, 0.15) is 16.1 Å². The molecule has 2 aromatic rings. The molecule has 0 aliphatic heterocycles. The van der Waals surface area contributed by atoms with Crippen LogP contribution in [0.3, 0.4) is 0 Å². The quantitative estimate of drug-likeness (QED) is 0.812. The number of hydrogen-bond acceptors (Lipinski definition) is 4. The Balaban J connectivity index is 2.16. The Morgan fingerprint density at radius 3 is 2.94 bits per heavy atom. The fourth-order valence-corrected chi connectivity index (χ4v) is 2.51. The van der Waals surface area contributed by atoms with Gasteiger partial charge in [0.2, 0.25) is 0 Å². The van der Waals surface area contributed by atoms with E-state index in [1.165, 1.54) is 0 Å². The summed E-state index contributed by atoms with van der Waals surface area (Å²) < 4.78 is 0.815. The molecule has 1 heterocycles. The third-order valence-corrected chi connectivity index (χ3v) is 3.76. The summed E-state index contributed by atoms with van der Waals surface area (Å²) in [5, 5.41) is 2.03. The van der Waals surface area contributed by atoms with Crippen LogP contribution in [0.25, 0.3) is 0 Å². The molecule has 1 aromatic heterocycles. The van der Waals surface area contributed by atoms with Gasteiger partial charge in [-0.1, -0.05) is 0 Å². The van der Waals surface area contributed by atoms with Crippen molar-refractivity contribution in [3.63, 3.8) is 0 Å². The topological polar surface area (TPSA) is 33.2 Å². The molecule has 0 radical (unpaired) electrons. The standard InChI is InChI=1S/C12H11BrN2OS/c1-15(5-10-7-17-8-14-10)11-3-2-9(6-16)12(13)4-11/h2-4,6-8H,5H2,1H3. The van der Waals surface area contributed by atoms with E-state index in [1.807, 2.05) is 36.1 Å². The van der Waals surface area contributed by atoms with Crippen molar-refractivity contribution in [3.05, 3.63) is 44.8 Å². The number of anilines is 1. The lowest BCUT2D eigenvalue weighted by atomic mass is 10.2. The minimum absolute atomic E-state index is 0.663. The largest absolute Gasteiger partial charge is 0.369 e. The Hall–Kier alpha value is -1.20. The van der Waals surface area contributed by atoms with Crippen molar-refractivity contribution >= 4 is 39.2 Å². The van der Waals surface area contributed by atoms with Crippen LogP contribution in [-0.2, 0) is 6.54 Å². The highest BCUT2D eigenvalue weighted by molar-refractivity contribution is 9.10. The Labute approximate surface area is 112 Å². The molecule has 0 N–H and O–H groups in total. The van der Waals surface area contributed by atoms with Crippen LogP contribution in [0.2, 0.25) is 0 Å². The lowest BCUT2D eigenvalue weighted by molar-refractivity contribution is 0.112. The monoisotopic (exact) mass is 310 g/mol. The second kappa shape index (κ2) is 5.42. The molecule has 1 aromatic carbocycles. The number of nitrogens with zero attached hydrogens (tertiary/aromatic N) is 2. The summed E-state index contributed by atoms with van der Waals surface area (Å²) in [6.45, 7) is 0.760. The molecule has 0 aliphatic carbocycles. The molecule has 0 saturated carbocycles. The van der Waals surface area contributed by atoms with Crippen molar-refractivity contribution in [2.45, 2.75) is 6.54 Å². The second-order valence-corrected chi connectivity index (χ2v) is 5.23. The van der Waals surface area contributed by atoms with E-state index in [9.17, 15) is 4.79 Å². The van der Waals surface area contributed by atoms with Gasteiger partial charge in [0, 0.05) is 28.2 Å². The van der Waals surface area contributed by atoms with Gasteiger partial charge in [0.15, 0.2) is 6.29 Å². The van der Waals surface area contributed by atoms with Crippen LogP contribution in [0.15, 0.2) is 33.6 Å². The Morgan fingerprint density at radius 1 is 1.53 bits per heavy atom. The molecule has 0 bridgehead atoms. The molecule has 2 rings (SSSR count). The van der Waals surface area contributed by atoms with Crippen LogP contribution in [0.4, 0.5) is 5.69 Å². The number of carbonyl (C=O) groups is 1. The van der Waals surface area contributed by atoms with E-state index in [0.29, 0.717) is 5.56 Å². The number of aromatic nitrogens is 1. The van der Waals surface area contributed by atoms with Crippen molar-refractivity contribution in [3.8, 4) is 0 Å². The fraction of sp³-hybridized carbons (Fsp3) is 0.167. The number of hydrogen-bond donors (Lipinski definition) is 0. The molecule has 0 saturated heterocycles. The molecular formula is C12H11BrN2OS. The van der Waals surface area contributed by atoms with Crippen molar-refractivity contribution in [1.82, 2.24) is 4.98 Å². The predicted molar refractivity (Wildman–Crippen MR) is 73.8 cm³/mol. The average molecular weight is 311 g/mol. The van der Waals surface area contributed by atoms with E-state index in [0.717, 1.165) is 28.7 Å². The molecule has 3 nitrogen and oxygen atoms in total. The van der Waals surface area contributed by atoms with Gasteiger partial charge in [0.25, 0.3) is 0 Å². The third kappa shape index (κ3) is 2.92. The van der Waals surface area contributed by atoms with Gasteiger partial charge < -0.3 is 4.90 Å². The number of carbonyl (C=O) groups excluding carboxylic acids is 1. The minimum atomic E-state index is 0.663. The highest BCUT2D eigenvalue weighted by Gasteiger charge is 2.06. The molecule has 0 unspecified atom stereocenters. The summed E-state index contributed by atoms with van der Waals surface area (Å²) in [4.78, 5) is 17.1. The van der Waals surface area contributed by atoms with Crippen molar-refractivity contribution in [1.29, 1.82) is 0 Å². The maximum absolute atomic E-state index is 10.7. The maximum atomic E-state index is 10.7. The van der Waals surface area contributed by atoms with Gasteiger partial charge in [-0.05, 0) is 34.1 Å². The van der Waals surface area contributed by atoms with Crippen molar-refractivity contribution < 1.29 is 4.79 Å². The Kier molecular flexibility index (Phi) is 3.91. The maximum Gasteiger partial charge on any atom is 0.151 e. The first-order valence-corrected chi connectivity index (χ1v) is 6.77. The van der Waals surface area contributed by atoms with Gasteiger partial charge in [-0.2, -0.15) is 0 Å². The molecule has 0 spiro atoms. The molecule has 0 amide bonds. The normalized spacial score (nSPS) is 10.2. The predicted octanol–water partition coefficient (Wildman–Crippen LogP) is 3.35. The van der Waals surface area contributed by atoms with Crippen LogP contribution in [0, 0.1) is 0 Å². The minimum Gasteiger partial charge on any atom is -0.369 e. The summed E-state index contributed by atoms with van der Waals surface area (Å²) in [7, 11) is 2.00. The summed E-state index contributed by atoms with van der Waals surface area (Å²) >= 11 is 4.97. The summed E-state index contributed by atoms with van der Waals surface area (Å²) in [5.41, 5.74) is 4.59. The van der Waals surface area contributed by atoms with Crippen molar-refractivity contribution in [2.24, 2.45) is 0 Å². The number of aldehydes is 1. The molecule has 0 aliphatic rings. The van der Waals surface area contributed by atoms with E-state index in [-0.39, 0.29) is 0 Å². The third-order valence-electron chi connectivity index (χ3n) is 2.43. The second-order valence-electron chi connectivity index (χ2n) is 3.66. The van der Waals surface area contributed by atoms with Crippen molar-refractivity contribution in [2.75, 3.05) is 11.9 Å². The zero-order valence-electron chi connectivity index (χ0n) is 9.26. The van der Waals surface area contributed by atoms with Gasteiger partial charge in [0.1, 0.15) is 0 Å². The molecule has 0 fully saturated rings. The summed E-state index contributed by atoms with van der Waals surface area (Å²) in [5.74, 6) is 0. The summed E-state index contributed by atoms with van der Waals surface area (Å²) in [6.07, 6.45) is 0.842. The van der Waals surface area contributed by atoms with Crippen LogP contribution < -0.4 is 4.90 Å². The molecule has 17 heavy (non-hydrogen) atoms. The Bertz CT molecular complexity index is 513. The zero-order valence-corrected chi connectivity index (χ0v) is 11.7. The van der Waals surface area contributed by atoms with Crippen LogP contribution in [0.5, 0.6) is 0 Å². The Morgan fingerprint density at radius 2 is 2.35 bits per heavy atom. The van der Waals surface area contributed by atoms with Crippen LogP contribution in [-0.4, -0.2) is 18.3 Å².